The summed E-state index contributed by atoms with van der Waals surface area (Å²) in [6, 6.07) is 7.97. The number of anilines is 1. The highest BCUT2D eigenvalue weighted by Gasteiger charge is 2.39. The maximum absolute atomic E-state index is 6.23. The maximum Gasteiger partial charge on any atom is 0.225 e. The number of hydrogen-bond donors (Lipinski definition) is 0. The Labute approximate surface area is 143 Å². The summed E-state index contributed by atoms with van der Waals surface area (Å²) in [5.41, 5.74) is 1.49. The monoisotopic (exact) mass is 324 g/mol. The van der Waals surface area contributed by atoms with Gasteiger partial charge in [-0.2, -0.15) is 0 Å². The van der Waals surface area contributed by atoms with Gasteiger partial charge in [-0.05, 0) is 49.3 Å². The van der Waals surface area contributed by atoms with Gasteiger partial charge in [0.05, 0.1) is 12.7 Å². The van der Waals surface area contributed by atoms with E-state index in [2.05, 4.69) is 25.9 Å². The number of rotatable bonds is 3. The molecule has 0 N–H and O–H groups in total. The van der Waals surface area contributed by atoms with Crippen LogP contribution in [-0.2, 0) is 11.2 Å². The van der Waals surface area contributed by atoms with Crippen LogP contribution in [0.5, 0.6) is 0 Å². The van der Waals surface area contributed by atoms with Crippen LogP contribution in [0.1, 0.15) is 31.4 Å². The number of ether oxygens (including phenoxy) is 1. The lowest BCUT2D eigenvalue weighted by Gasteiger charge is -2.45. The van der Waals surface area contributed by atoms with Gasteiger partial charge in [0.2, 0.25) is 5.95 Å². The van der Waals surface area contributed by atoms with Gasteiger partial charge in [0.1, 0.15) is 0 Å². The Bertz CT molecular complexity index is 631. The van der Waals surface area contributed by atoms with E-state index in [4.69, 9.17) is 4.74 Å². The van der Waals surface area contributed by atoms with E-state index in [0.717, 1.165) is 44.2 Å². The second kappa shape index (κ2) is 6.85. The Hall–Kier alpha value is -2.01. The quantitative estimate of drug-likeness (QED) is 0.869. The lowest BCUT2D eigenvalue weighted by atomic mass is 9.73. The van der Waals surface area contributed by atoms with E-state index in [1.807, 2.05) is 36.8 Å². The van der Waals surface area contributed by atoms with Gasteiger partial charge in [0.25, 0.3) is 0 Å². The van der Waals surface area contributed by atoms with Crippen LogP contribution in [0.3, 0.4) is 0 Å². The molecule has 2 saturated heterocycles. The van der Waals surface area contributed by atoms with E-state index in [0.29, 0.717) is 11.5 Å². The first-order valence-corrected chi connectivity index (χ1v) is 8.87. The summed E-state index contributed by atoms with van der Waals surface area (Å²) in [6.07, 6.45) is 11.5. The van der Waals surface area contributed by atoms with Gasteiger partial charge in [0, 0.05) is 43.8 Å². The van der Waals surface area contributed by atoms with Crippen molar-refractivity contribution in [2.75, 3.05) is 24.6 Å². The number of pyridine rings is 1. The van der Waals surface area contributed by atoms with E-state index in [9.17, 15) is 0 Å². The Morgan fingerprint density at radius 3 is 2.46 bits per heavy atom. The Morgan fingerprint density at radius 2 is 1.79 bits per heavy atom. The maximum atomic E-state index is 6.23. The van der Waals surface area contributed by atoms with Gasteiger partial charge >= 0.3 is 0 Å². The molecule has 0 aromatic carbocycles. The fraction of sp³-hybridized carbons (Fsp3) is 0.526. The molecule has 4 rings (SSSR count). The van der Waals surface area contributed by atoms with E-state index in [1.165, 1.54) is 19.3 Å². The second-order valence-corrected chi connectivity index (χ2v) is 7.03. The summed E-state index contributed by atoms with van der Waals surface area (Å²) in [5, 5.41) is 0. The smallest absolute Gasteiger partial charge is 0.225 e. The lowest BCUT2D eigenvalue weighted by molar-refractivity contribution is -0.0717. The summed E-state index contributed by atoms with van der Waals surface area (Å²) in [4.78, 5) is 15.5. The summed E-state index contributed by atoms with van der Waals surface area (Å²) in [6.45, 7) is 2.94. The molecule has 2 aromatic heterocycles. The molecule has 5 heteroatoms. The predicted molar refractivity (Wildman–Crippen MR) is 92.8 cm³/mol. The zero-order chi connectivity index (χ0) is 16.2. The third kappa shape index (κ3) is 3.41. The van der Waals surface area contributed by atoms with Gasteiger partial charge in [-0.15, -0.1) is 0 Å². The van der Waals surface area contributed by atoms with Crippen LogP contribution in [-0.4, -0.2) is 40.8 Å². The molecule has 0 amide bonds. The van der Waals surface area contributed by atoms with Crippen molar-refractivity contribution in [1.29, 1.82) is 0 Å². The van der Waals surface area contributed by atoms with Crippen molar-refractivity contribution in [3.05, 3.63) is 48.5 Å². The minimum absolute atomic E-state index is 0.320. The van der Waals surface area contributed by atoms with Crippen LogP contribution in [0, 0.1) is 5.41 Å². The molecular formula is C19H24N4O. The van der Waals surface area contributed by atoms with E-state index in [-0.39, 0.29) is 0 Å². The fourth-order valence-electron chi connectivity index (χ4n) is 3.86. The predicted octanol–water partition coefficient (Wildman–Crippen LogP) is 2.88. The zero-order valence-corrected chi connectivity index (χ0v) is 14.0. The molecule has 0 radical (unpaired) electrons. The third-order valence-electron chi connectivity index (χ3n) is 5.44. The summed E-state index contributed by atoms with van der Waals surface area (Å²) in [7, 11) is 0. The van der Waals surface area contributed by atoms with Gasteiger partial charge in [-0.3, -0.25) is 4.98 Å². The van der Waals surface area contributed by atoms with E-state index in [1.54, 1.807) is 0 Å². The molecule has 2 aromatic rings. The number of aromatic nitrogens is 3. The van der Waals surface area contributed by atoms with Crippen molar-refractivity contribution in [3.63, 3.8) is 0 Å². The van der Waals surface area contributed by atoms with Crippen LogP contribution in [0.2, 0.25) is 0 Å². The van der Waals surface area contributed by atoms with Gasteiger partial charge < -0.3 is 9.64 Å². The number of nitrogens with zero attached hydrogens (tertiary/aromatic N) is 4. The lowest BCUT2D eigenvalue weighted by Crippen LogP contribution is -2.46. The number of piperidine rings is 1. The first-order valence-electron chi connectivity index (χ1n) is 8.87. The summed E-state index contributed by atoms with van der Waals surface area (Å²) < 4.78 is 6.23. The van der Waals surface area contributed by atoms with E-state index < -0.39 is 0 Å². The molecule has 1 atom stereocenters. The minimum Gasteiger partial charge on any atom is -0.377 e. The van der Waals surface area contributed by atoms with Crippen molar-refractivity contribution in [2.24, 2.45) is 5.41 Å². The van der Waals surface area contributed by atoms with Crippen molar-refractivity contribution in [1.82, 2.24) is 15.0 Å². The molecule has 0 saturated carbocycles. The van der Waals surface area contributed by atoms with Crippen molar-refractivity contribution < 1.29 is 4.74 Å². The van der Waals surface area contributed by atoms with E-state index >= 15 is 0 Å². The molecule has 2 fully saturated rings. The van der Waals surface area contributed by atoms with Gasteiger partial charge in [-0.1, -0.05) is 6.07 Å². The molecule has 1 unspecified atom stereocenters. The second-order valence-electron chi connectivity index (χ2n) is 7.03. The van der Waals surface area contributed by atoms with Crippen molar-refractivity contribution >= 4 is 5.95 Å². The first kappa shape index (κ1) is 15.5. The molecule has 2 aliphatic heterocycles. The molecule has 2 aliphatic rings. The molecule has 4 heterocycles. The highest BCUT2D eigenvalue weighted by atomic mass is 16.5. The molecule has 5 nitrogen and oxygen atoms in total. The van der Waals surface area contributed by atoms with Crippen LogP contribution in [0.25, 0.3) is 0 Å². The van der Waals surface area contributed by atoms with Crippen LogP contribution >= 0.6 is 0 Å². The summed E-state index contributed by atoms with van der Waals surface area (Å²) in [5.74, 6) is 0.858. The molecule has 1 spiro atoms. The normalized spacial score (nSPS) is 23.3. The van der Waals surface area contributed by atoms with Crippen molar-refractivity contribution in [2.45, 2.75) is 38.2 Å². The Morgan fingerprint density at radius 1 is 1.00 bits per heavy atom. The van der Waals surface area contributed by atoms with Crippen LogP contribution in [0.4, 0.5) is 5.95 Å². The molecule has 0 aliphatic carbocycles. The highest BCUT2D eigenvalue weighted by molar-refractivity contribution is 5.29. The molecule has 126 valence electrons. The molecular weight excluding hydrogens is 300 g/mol. The summed E-state index contributed by atoms with van der Waals surface area (Å²) >= 11 is 0. The zero-order valence-electron chi connectivity index (χ0n) is 14.0. The van der Waals surface area contributed by atoms with Crippen molar-refractivity contribution in [3.8, 4) is 0 Å². The highest BCUT2D eigenvalue weighted by Crippen LogP contribution is 2.41. The van der Waals surface area contributed by atoms with Crippen LogP contribution in [0.15, 0.2) is 42.9 Å². The van der Waals surface area contributed by atoms with Crippen LogP contribution < -0.4 is 4.90 Å². The number of hydrogen-bond acceptors (Lipinski definition) is 5. The standard InChI is InChI=1S/C19H24N4O/c1-2-9-20-16(4-1)14-17-5-6-19(15-24-17)7-12-23(13-8-19)18-21-10-3-11-22-18/h1-4,9-11,17H,5-8,12-15H2. The molecule has 24 heavy (non-hydrogen) atoms. The third-order valence-corrected chi connectivity index (χ3v) is 5.44. The Balaban J connectivity index is 1.30. The Kier molecular flexibility index (Phi) is 4.43. The first-order chi connectivity index (χ1) is 11.8. The average Bonchev–Trinajstić information content (AvgIpc) is 2.66. The SMILES string of the molecule is c1ccc(CC2CCC3(CCN(c4ncccn4)CC3)CO2)nc1. The fourth-order valence-corrected chi connectivity index (χ4v) is 3.86. The topological polar surface area (TPSA) is 51.1 Å². The van der Waals surface area contributed by atoms with Gasteiger partial charge in [0.15, 0.2) is 0 Å². The minimum atomic E-state index is 0.320. The average molecular weight is 324 g/mol. The molecule has 0 bridgehead atoms. The van der Waals surface area contributed by atoms with Gasteiger partial charge in [-0.25, -0.2) is 9.97 Å². The largest absolute Gasteiger partial charge is 0.377 e.